The lowest BCUT2D eigenvalue weighted by Gasteiger charge is -2.44. The minimum atomic E-state index is 0.876. The summed E-state index contributed by atoms with van der Waals surface area (Å²) in [7, 11) is 6.95. The van der Waals surface area contributed by atoms with Gasteiger partial charge in [-0.2, -0.15) is 0 Å². The van der Waals surface area contributed by atoms with Gasteiger partial charge in [0.25, 0.3) is 0 Å². The molecule has 0 atom stereocenters. The van der Waals surface area contributed by atoms with E-state index in [9.17, 15) is 0 Å². The molecule has 15 heavy (non-hydrogen) atoms. The summed E-state index contributed by atoms with van der Waals surface area (Å²) in [6, 6.07) is 0.876. The van der Waals surface area contributed by atoms with Crippen molar-refractivity contribution >= 4 is 0 Å². The second-order valence-electron chi connectivity index (χ2n) is 5.95. The number of hydrogen-bond acceptors (Lipinski definition) is 2. The van der Waals surface area contributed by atoms with Gasteiger partial charge in [-0.3, -0.25) is 4.90 Å². The van der Waals surface area contributed by atoms with E-state index >= 15 is 0 Å². The van der Waals surface area contributed by atoms with Crippen molar-refractivity contribution < 1.29 is 4.48 Å². The summed E-state index contributed by atoms with van der Waals surface area (Å²) in [5, 5.41) is 0. The largest absolute Gasteiger partial charge is 0.326 e. The first kappa shape index (κ1) is 11.4. The molecule has 2 saturated heterocycles. The zero-order chi connectivity index (χ0) is 10.9. The van der Waals surface area contributed by atoms with Crippen molar-refractivity contribution in [3.8, 4) is 0 Å². The number of likely N-dealkylation sites (tertiary alicyclic amines) is 1. The molecular formula is C12H26N3+. The van der Waals surface area contributed by atoms with Gasteiger partial charge in [0, 0.05) is 19.1 Å². The van der Waals surface area contributed by atoms with Crippen LogP contribution < -0.4 is 0 Å². The number of piperazine rings is 1. The first-order chi connectivity index (χ1) is 7.07. The maximum atomic E-state index is 2.73. The smallest absolute Gasteiger partial charge is 0.0912 e. The summed E-state index contributed by atoms with van der Waals surface area (Å²) in [6.07, 6.45) is 2.76. The minimum Gasteiger partial charge on any atom is -0.326 e. The average molecular weight is 212 g/mol. The fourth-order valence-electron chi connectivity index (χ4n) is 2.75. The monoisotopic (exact) mass is 212 g/mol. The number of quaternary nitrogens is 1. The summed E-state index contributed by atoms with van der Waals surface area (Å²) >= 11 is 0. The number of hydrogen-bond donors (Lipinski definition) is 0. The maximum absolute atomic E-state index is 2.73. The van der Waals surface area contributed by atoms with Crippen molar-refractivity contribution in [3.63, 3.8) is 0 Å². The van der Waals surface area contributed by atoms with E-state index in [1.807, 2.05) is 0 Å². The van der Waals surface area contributed by atoms with Gasteiger partial charge in [-0.05, 0) is 33.0 Å². The second kappa shape index (κ2) is 4.40. The molecule has 3 nitrogen and oxygen atoms in total. The van der Waals surface area contributed by atoms with Crippen molar-refractivity contribution in [1.82, 2.24) is 9.80 Å². The molecule has 0 unspecified atom stereocenters. The van der Waals surface area contributed by atoms with Gasteiger partial charge in [0.2, 0.25) is 0 Å². The van der Waals surface area contributed by atoms with Crippen LogP contribution in [-0.2, 0) is 0 Å². The van der Waals surface area contributed by atoms with Crippen molar-refractivity contribution in [3.05, 3.63) is 0 Å². The summed E-state index contributed by atoms with van der Waals surface area (Å²) in [4.78, 5) is 5.19. The van der Waals surface area contributed by atoms with Gasteiger partial charge in [0.1, 0.15) is 0 Å². The SMILES string of the molecule is CN1CCC(N2CC[N+](C)(C)CC2)CC1. The summed E-state index contributed by atoms with van der Waals surface area (Å²) in [5.74, 6) is 0. The van der Waals surface area contributed by atoms with E-state index in [2.05, 4.69) is 30.9 Å². The third kappa shape index (κ3) is 2.92. The van der Waals surface area contributed by atoms with Crippen molar-refractivity contribution in [2.24, 2.45) is 0 Å². The minimum absolute atomic E-state index is 0.876. The highest BCUT2D eigenvalue weighted by atomic mass is 15.4. The highest BCUT2D eigenvalue weighted by Crippen LogP contribution is 2.18. The van der Waals surface area contributed by atoms with E-state index < -0.39 is 0 Å². The number of piperidine rings is 1. The number of likely N-dealkylation sites (N-methyl/N-ethyl adjacent to an activating group) is 1. The Morgan fingerprint density at radius 2 is 1.47 bits per heavy atom. The zero-order valence-electron chi connectivity index (χ0n) is 10.6. The van der Waals surface area contributed by atoms with Gasteiger partial charge in [-0.15, -0.1) is 0 Å². The van der Waals surface area contributed by atoms with Gasteiger partial charge >= 0.3 is 0 Å². The van der Waals surface area contributed by atoms with E-state index in [0.717, 1.165) is 6.04 Å². The Morgan fingerprint density at radius 1 is 0.933 bits per heavy atom. The second-order valence-corrected chi connectivity index (χ2v) is 5.95. The van der Waals surface area contributed by atoms with Crippen LogP contribution in [-0.4, -0.2) is 80.7 Å². The zero-order valence-corrected chi connectivity index (χ0v) is 10.6. The van der Waals surface area contributed by atoms with E-state index in [-0.39, 0.29) is 0 Å². The number of nitrogens with zero attached hydrogens (tertiary/aromatic N) is 3. The van der Waals surface area contributed by atoms with Crippen LogP contribution in [0, 0.1) is 0 Å². The van der Waals surface area contributed by atoms with Gasteiger partial charge in [0.15, 0.2) is 0 Å². The van der Waals surface area contributed by atoms with Crippen LogP contribution in [0.2, 0.25) is 0 Å². The summed E-state index contributed by atoms with van der Waals surface area (Å²) in [6.45, 7) is 7.85. The van der Waals surface area contributed by atoms with Crippen LogP contribution in [0.1, 0.15) is 12.8 Å². The molecule has 2 rings (SSSR count). The number of rotatable bonds is 1. The first-order valence-corrected chi connectivity index (χ1v) is 6.31. The highest BCUT2D eigenvalue weighted by Gasteiger charge is 2.30. The molecule has 2 fully saturated rings. The Kier molecular flexibility index (Phi) is 3.33. The molecule has 0 aromatic heterocycles. The van der Waals surface area contributed by atoms with Crippen LogP contribution in [0.15, 0.2) is 0 Å². The molecule has 3 heteroatoms. The molecule has 0 saturated carbocycles. The molecule has 0 aromatic rings. The van der Waals surface area contributed by atoms with Crippen LogP contribution in [0.3, 0.4) is 0 Å². The summed E-state index contributed by atoms with van der Waals surface area (Å²) in [5.41, 5.74) is 0. The van der Waals surface area contributed by atoms with E-state index in [4.69, 9.17) is 0 Å². The highest BCUT2D eigenvalue weighted by molar-refractivity contribution is 4.79. The molecule has 88 valence electrons. The quantitative estimate of drug-likeness (QED) is 0.583. The van der Waals surface area contributed by atoms with Crippen LogP contribution >= 0.6 is 0 Å². The normalized spacial score (nSPS) is 30.6. The van der Waals surface area contributed by atoms with Gasteiger partial charge in [0.05, 0.1) is 27.2 Å². The van der Waals surface area contributed by atoms with Gasteiger partial charge < -0.3 is 9.38 Å². The predicted octanol–water partition coefficient (Wildman–Crippen LogP) is 0.473. The van der Waals surface area contributed by atoms with E-state index in [0.29, 0.717) is 0 Å². The molecule has 0 N–H and O–H groups in total. The lowest BCUT2D eigenvalue weighted by atomic mass is 10.0. The molecule has 0 amide bonds. The fourth-order valence-corrected chi connectivity index (χ4v) is 2.75. The van der Waals surface area contributed by atoms with Crippen LogP contribution in [0.25, 0.3) is 0 Å². The predicted molar refractivity (Wildman–Crippen MR) is 63.9 cm³/mol. The first-order valence-electron chi connectivity index (χ1n) is 6.31. The molecule has 0 spiro atoms. The molecule has 2 aliphatic heterocycles. The lowest BCUT2D eigenvalue weighted by Crippen LogP contribution is -2.58. The molecule has 2 aliphatic rings. The van der Waals surface area contributed by atoms with Crippen molar-refractivity contribution in [2.75, 3.05) is 60.4 Å². The Morgan fingerprint density at radius 3 is 2.00 bits per heavy atom. The average Bonchev–Trinajstić information content (AvgIpc) is 2.20. The Hall–Kier alpha value is -0.120. The molecular weight excluding hydrogens is 186 g/mol. The fraction of sp³-hybridized carbons (Fsp3) is 1.00. The molecule has 0 bridgehead atoms. The molecule has 2 heterocycles. The Balaban J connectivity index is 1.80. The topological polar surface area (TPSA) is 6.48 Å². The standard InChI is InChI=1S/C12H26N3/c1-13-6-4-12(5-7-13)14-8-10-15(2,3)11-9-14/h12H,4-11H2,1-3H3/q+1. The van der Waals surface area contributed by atoms with Crippen molar-refractivity contribution in [1.29, 1.82) is 0 Å². The van der Waals surface area contributed by atoms with Gasteiger partial charge in [-0.25, -0.2) is 0 Å². The Bertz CT molecular complexity index is 197. The molecule has 0 aromatic carbocycles. The van der Waals surface area contributed by atoms with Crippen molar-refractivity contribution in [2.45, 2.75) is 18.9 Å². The van der Waals surface area contributed by atoms with Crippen LogP contribution in [0.4, 0.5) is 0 Å². The lowest BCUT2D eigenvalue weighted by molar-refractivity contribution is -0.894. The van der Waals surface area contributed by atoms with E-state index in [1.54, 1.807) is 0 Å². The van der Waals surface area contributed by atoms with Crippen LogP contribution in [0.5, 0.6) is 0 Å². The summed E-state index contributed by atoms with van der Waals surface area (Å²) < 4.78 is 1.21. The molecule has 0 aliphatic carbocycles. The molecule has 0 radical (unpaired) electrons. The Labute approximate surface area is 94.2 Å². The van der Waals surface area contributed by atoms with Gasteiger partial charge in [-0.1, -0.05) is 0 Å². The maximum Gasteiger partial charge on any atom is 0.0912 e. The third-order valence-electron chi connectivity index (χ3n) is 4.19. The third-order valence-corrected chi connectivity index (χ3v) is 4.19. The van der Waals surface area contributed by atoms with E-state index in [1.165, 1.54) is 56.6 Å².